The van der Waals surface area contributed by atoms with E-state index >= 15 is 0 Å². The van der Waals surface area contributed by atoms with Gasteiger partial charge in [-0.15, -0.1) is 12.4 Å². The van der Waals surface area contributed by atoms with E-state index in [4.69, 9.17) is 15.2 Å². The number of carbonyl (C=O) groups is 1. The first-order valence-corrected chi connectivity index (χ1v) is 8.24. The molecule has 1 fully saturated rings. The van der Waals surface area contributed by atoms with Gasteiger partial charge < -0.3 is 20.5 Å². The minimum absolute atomic E-state index is 0. The molecule has 0 saturated carbocycles. The molecule has 0 aromatic heterocycles. The van der Waals surface area contributed by atoms with Gasteiger partial charge in [-0.2, -0.15) is 0 Å². The van der Waals surface area contributed by atoms with E-state index in [1.54, 1.807) is 6.92 Å². The van der Waals surface area contributed by atoms with E-state index in [1.807, 2.05) is 31.2 Å². The lowest BCUT2D eigenvalue weighted by atomic mass is 9.92. The molecule has 3 N–H and O–H groups in total. The van der Waals surface area contributed by atoms with Crippen LogP contribution >= 0.6 is 28.3 Å². The Hall–Kier alpha value is -0.660. The maximum Gasteiger partial charge on any atom is 0.244 e. The van der Waals surface area contributed by atoms with Crippen LogP contribution in [0.4, 0.5) is 0 Å². The van der Waals surface area contributed by atoms with Crippen LogP contribution in [0.2, 0.25) is 0 Å². The average molecular weight is 408 g/mol. The molecular formula is C16H24BrClN2O3. The fourth-order valence-corrected chi connectivity index (χ4v) is 2.53. The predicted molar refractivity (Wildman–Crippen MR) is 95.7 cm³/mol. The van der Waals surface area contributed by atoms with Gasteiger partial charge in [-0.3, -0.25) is 4.79 Å². The molecule has 1 aliphatic rings. The number of benzene rings is 1. The Bertz CT molecular complexity index is 505. The molecule has 0 radical (unpaired) electrons. The third-order valence-electron chi connectivity index (χ3n) is 3.76. The standard InChI is InChI=1S/C16H23BrN2O3.ClH/c1-11(9-22-14-7-8-21-10-14)19-15(20)16(2,18)12-3-5-13(17)6-4-12;/h3-6,11,14H,7-10,18H2,1-2H3,(H,19,20);1H. The first-order valence-electron chi connectivity index (χ1n) is 7.45. The van der Waals surface area contributed by atoms with Crippen LogP contribution in [0.3, 0.4) is 0 Å². The van der Waals surface area contributed by atoms with Crippen LogP contribution in [0, 0.1) is 0 Å². The smallest absolute Gasteiger partial charge is 0.244 e. The van der Waals surface area contributed by atoms with E-state index in [9.17, 15) is 4.79 Å². The Balaban J connectivity index is 0.00000264. The first kappa shape index (κ1) is 20.4. The third kappa shape index (κ3) is 5.72. The lowest BCUT2D eigenvalue weighted by Crippen LogP contribution is -2.52. The molecule has 0 aliphatic carbocycles. The highest BCUT2D eigenvalue weighted by Crippen LogP contribution is 2.21. The summed E-state index contributed by atoms with van der Waals surface area (Å²) in [6, 6.07) is 7.34. The van der Waals surface area contributed by atoms with Crippen LogP contribution in [0.25, 0.3) is 0 Å². The number of nitrogens with one attached hydrogen (secondary N) is 1. The van der Waals surface area contributed by atoms with Crippen molar-refractivity contribution in [2.75, 3.05) is 19.8 Å². The molecule has 1 aromatic carbocycles. The van der Waals surface area contributed by atoms with E-state index in [1.165, 1.54) is 0 Å². The third-order valence-corrected chi connectivity index (χ3v) is 4.29. The quantitative estimate of drug-likeness (QED) is 0.759. The number of hydrogen-bond acceptors (Lipinski definition) is 4. The molecule has 1 saturated heterocycles. The van der Waals surface area contributed by atoms with Gasteiger partial charge in [-0.05, 0) is 38.0 Å². The Labute approximate surface area is 151 Å². The summed E-state index contributed by atoms with van der Waals surface area (Å²) in [5, 5.41) is 2.92. The molecule has 0 spiro atoms. The zero-order valence-electron chi connectivity index (χ0n) is 13.4. The fourth-order valence-electron chi connectivity index (χ4n) is 2.27. The number of carbonyl (C=O) groups excluding carboxylic acids is 1. The number of hydrogen-bond donors (Lipinski definition) is 2. The van der Waals surface area contributed by atoms with Crippen LogP contribution < -0.4 is 11.1 Å². The SMILES string of the molecule is CC(COC1CCOC1)NC(=O)C(C)(N)c1ccc(Br)cc1.Cl. The normalized spacial score (nSPS) is 21.1. The van der Waals surface area contributed by atoms with Gasteiger partial charge in [-0.25, -0.2) is 0 Å². The number of nitrogens with two attached hydrogens (primary N) is 1. The molecule has 23 heavy (non-hydrogen) atoms. The van der Waals surface area contributed by atoms with Crippen LogP contribution in [-0.2, 0) is 19.8 Å². The molecule has 1 aromatic rings. The van der Waals surface area contributed by atoms with E-state index in [0.717, 1.165) is 23.1 Å². The molecule has 1 amide bonds. The van der Waals surface area contributed by atoms with E-state index in [-0.39, 0.29) is 30.5 Å². The second-order valence-electron chi connectivity index (χ2n) is 5.90. The maximum atomic E-state index is 12.4. The number of ether oxygens (including phenoxy) is 2. The Morgan fingerprint density at radius 3 is 2.74 bits per heavy atom. The van der Waals surface area contributed by atoms with Crippen molar-refractivity contribution in [1.29, 1.82) is 0 Å². The summed E-state index contributed by atoms with van der Waals surface area (Å²) in [5.41, 5.74) is 5.90. The van der Waals surface area contributed by atoms with Crippen LogP contribution in [0.5, 0.6) is 0 Å². The van der Waals surface area contributed by atoms with Crippen LogP contribution in [0.1, 0.15) is 25.8 Å². The summed E-state index contributed by atoms with van der Waals surface area (Å²) in [5.74, 6) is -0.214. The lowest BCUT2D eigenvalue weighted by Gasteiger charge is -2.27. The molecule has 1 heterocycles. The zero-order valence-corrected chi connectivity index (χ0v) is 15.8. The van der Waals surface area contributed by atoms with Crippen molar-refractivity contribution in [2.45, 2.75) is 38.0 Å². The number of rotatable bonds is 6. The summed E-state index contributed by atoms with van der Waals surface area (Å²) in [4.78, 5) is 12.4. The molecule has 0 bridgehead atoms. The minimum atomic E-state index is -1.08. The molecule has 7 heteroatoms. The topological polar surface area (TPSA) is 73.6 Å². The summed E-state index contributed by atoms with van der Waals surface area (Å²) in [7, 11) is 0. The fraction of sp³-hybridized carbons (Fsp3) is 0.562. The molecular weight excluding hydrogens is 384 g/mol. The van der Waals surface area contributed by atoms with Crippen molar-refractivity contribution in [3.63, 3.8) is 0 Å². The Morgan fingerprint density at radius 1 is 1.52 bits per heavy atom. The van der Waals surface area contributed by atoms with Gasteiger partial charge in [0.15, 0.2) is 0 Å². The highest BCUT2D eigenvalue weighted by Gasteiger charge is 2.31. The van der Waals surface area contributed by atoms with E-state index < -0.39 is 5.54 Å². The van der Waals surface area contributed by atoms with Gasteiger partial charge in [0.2, 0.25) is 5.91 Å². The molecule has 130 valence electrons. The predicted octanol–water partition coefficient (Wildman–Crippen LogP) is 2.36. The zero-order chi connectivity index (χ0) is 16.2. The van der Waals surface area contributed by atoms with Crippen molar-refractivity contribution in [3.8, 4) is 0 Å². The lowest BCUT2D eigenvalue weighted by molar-refractivity contribution is -0.127. The Morgan fingerprint density at radius 2 is 2.17 bits per heavy atom. The van der Waals surface area contributed by atoms with E-state index in [0.29, 0.717) is 13.2 Å². The largest absolute Gasteiger partial charge is 0.379 e. The van der Waals surface area contributed by atoms with Gasteiger partial charge in [-0.1, -0.05) is 28.1 Å². The van der Waals surface area contributed by atoms with Crippen molar-refractivity contribution in [3.05, 3.63) is 34.3 Å². The monoisotopic (exact) mass is 406 g/mol. The van der Waals surface area contributed by atoms with Crippen LogP contribution in [0.15, 0.2) is 28.7 Å². The number of halogens is 2. The highest BCUT2D eigenvalue weighted by molar-refractivity contribution is 9.10. The summed E-state index contributed by atoms with van der Waals surface area (Å²) in [6.45, 7) is 5.45. The van der Waals surface area contributed by atoms with Gasteiger partial charge in [0.25, 0.3) is 0 Å². The van der Waals surface area contributed by atoms with Crippen molar-refractivity contribution < 1.29 is 14.3 Å². The highest BCUT2D eigenvalue weighted by atomic mass is 79.9. The van der Waals surface area contributed by atoms with E-state index in [2.05, 4.69) is 21.2 Å². The molecule has 1 aliphatic heterocycles. The van der Waals surface area contributed by atoms with Crippen molar-refractivity contribution >= 4 is 34.2 Å². The second kappa shape index (κ2) is 8.99. The molecule has 3 atom stereocenters. The molecule has 5 nitrogen and oxygen atoms in total. The molecule has 2 rings (SSSR count). The minimum Gasteiger partial charge on any atom is -0.379 e. The Kier molecular flexibility index (Phi) is 7.97. The van der Waals surface area contributed by atoms with Gasteiger partial charge >= 0.3 is 0 Å². The van der Waals surface area contributed by atoms with Crippen molar-refractivity contribution in [1.82, 2.24) is 5.32 Å². The van der Waals surface area contributed by atoms with Crippen molar-refractivity contribution in [2.24, 2.45) is 5.73 Å². The van der Waals surface area contributed by atoms with Crippen LogP contribution in [-0.4, -0.2) is 37.9 Å². The van der Waals surface area contributed by atoms with Gasteiger partial charge in [0.1, 0.15) is 5.54 Å². The number of amides is 1. The second-order valence-corrected chi connectivity index (χ2v) is 6.82. The van der Waals surface area contributed by atoms with Gasteiger partial charge in [0.05, 0.1) is 19.3 Å². The molecule has 3 unspecified atom stereocenters. The van der Waals surface area contributed by atoms with Gasteiger partial charge in [0, 0.05) is 17.1 Å². The first-order chi connectivity index (χ1) is 10.4. The summed E-state index contributed by atoms with van der Waals surface area (Å²) >= 11 is 3.37. The summed E-state index contributed by atoms with van der Waals surface area (Å²) in [6.07, 6.45) is 1.05. The summed E-state index contributed by atoms with van der Waals surface area (Å²) < 4.78 is 11.9. The average Bonchev–Trinajstić information content (AvgIpc) is 2.99. The maximum absolute atomic E-state index is 12.4.